The molecule has 0 saturated carbocycles. The van der Waals surface area contributed by atoms with E-state index in [1.165, 1.54) is 6.39 Å². The SMILES string of the molecule is C[C@@H](NC(=O)c1ccnc(-c2ccccc2)c1N)c1ncon1. The smallest absolute Gasteiger partial charge is 0.254 e. The molecule has 0 fully saturated rings. The van der Waals surface area contributed by atoms with E-state index in [1.54, 1.807) is 19.2 Å². The molecule has 3 N–H and O–H groups in total. The minimum absolute atomic E-state index is 0.320. The van der Waals surface area contributed by atoms with E-state index in [0.29, 0.717) is 22.8 Å². The number of rotatable bonds is 4. The Morgan fingerprint density at radius 2 is 2.00 bits per heavy atom. The number of hydrogen-bond donors (Lipinski definition) is 2. The lowest BCUT2D eigenvalue weighted by molar-refractivity contribution is 0.0938. The third-order valence-corrected chi connectivity index (χ3v) is 3.40. The van der Waals surface area contributed by atoms with Crippen LogP contribution in [-0.2, 0) is 0 Å². The zero-order valence-electron chi connectivity index (χ0n) is 12.4. The van der Waals surface area contributed by atoms with Gasteiger partial charge in [-0.2, -0.15) is 4.98 Å². The highest BCUT2D eigenvalue weighted by Crippen LogP contribution is 2.26. The number of aromatic nitrogens is 3. The molecule has 0 radical (unpaired) electrons. The molecule has 3 aromatic rings. The first kappa shape index (κ1) is 14.7. The van der Waals surface area contributed by atoms with Gasteiger partial charge in [0.15, 0.2) is 5.82 Å². The molecule has 1 amide bonds. The van der Waals surface area contributed by atoms with Gasteiger partial charge in [0.25, 0.3) is 5.91 Å². The summed E-state index contributed by atoms with van der Waals surface area (Å²) in [5, 5.41) is 6.49. The van der Waals surface area contributed by atoms with E-state index in [1.807, 2.05) is 30.3 Å². The fourth-order valence-corrected chi connectivity index (χ4v) is 2.21. The maximum Gasteiger partial charge on any atom is 0.254 e. The van der Waals surface area contributed by atoms with Gasteiger partial charge in [0.2, 0.25) is 6.39 Å². The molecular formula is C16H15N5O2. The van der Waals surface area contributed by atoms with Crippen molar-refractivity contribution in [2.75, 3.05) is 5.73 Å². The van der Waals surface area contributed by atoms with Gasteiger partial charge < -0.3 is 15.6 Å². The summed E-state index contributed by atoms with van der Waals surface area (Å²) >= 11 is 0. The first-order chi connectivity index (χ1) is 11.2. The van der Waals surface area contributed by atoms with Gasteiger partial charge in [-0.3, -0.25) is 9.78 Å². The van der Waals surface area contributed by atoms with Crippen molar-refractivity contribution in [3.63, 3.8) is 0 Å². The lowest BCUT2D eigenvalue weighted by atomic mass is 10.1. The zero-order valence-corrected chi connectivity index (χ0v) is 12.4. The van der Waals surface area contributed by atoms with Gasteiger partial charge in [0.05, 0.1) is 23.0 Å². The van der Waals surface area contributed by atoms with Crippen LogP contribution in [0.3, 0.4) is 0 Å². The standard InChI is InChI=1S/C16H15N5O2/c1-10(15-19-9-23-21-15)20-16(22)12-7-8-18-14(13(12)17)11-5-3-2-4-6-11/h2-10H,17H2,1H3,(H,20,22)/t10-/m1/s1. The number of carbonyl (C=O) groups is 1. The van der Waals surface area contributed by atoms with Crippen LogP contribution in [0.4, 0.5) is 5.69 Å². The molecule has 0 aliphatic rings. The van der Waals surface area contributed by atoms with E-state index in [4.69, 9.17) is 5.73 Å². The molecule has 0 aliphatic heterocycles. The molecule has 3 rings (SSSR count). The van der Waals surface area contributed by atoms with Gasteiger partial charge >= 0.3 is 0 Å². The second kappa shape index (κ2) is 6.27. The largest absolute Gasteiger partial charge is 0.396 e. The number of nitrogens with two attached hydrogens (primary N) is 1. The summed E-state index contributed by atoms with van der Waals surface area (Å²) in [4.78, 5) is 20.6. The minimum Gasteiger partial charge on any atom is -0.396 e. The molecule has 2 heterocycles. The fourth-order valence-electron chi connectivity index (χ4n) is 2.21. The third-order valence-electron chi connectivity index (χ3n) is 3.40. The molecule has 116 valence electrons. The maximum absolute atomic E-state index is 12.4. The Balaban J connectivity index is 1.87. The zero-order chi connectivity index (χ0) is 16.2. The molecule has 1 aromatic carbocycles. The molecule has 7 nitrogen and oxygen atoms in total. The number of amides is 1. The van der Waals surface area contributed by atoms with E-state index in [-0.39, 0.29) is 5.91 Å². The maximum atomic E-state index is 12.4. The number of pyridine rings is 1. The van der Waals surface area contributed by atoms with Crippen LogP contribution < -0.4 is 11.1 Å². The number of anilines is 1. The Hall–Kier alpha value is -3.22. The molecule has 0 unspecified atom stereocenters. The van der Waals surface area contributed by atoms with Crippen molar-refractivity contribution in [1.29, 1.82) is 0 Å². The van der Waals surface area contributed by atoms with Crippen LogP contribution in [0.15, 0.2) is 53.5 Å². The van der Waals surface area contributed by atoms with Gasteiger partial charge in [-0.25, -0.2) is 0 Å². The summed E-state index contributed by atoms with van der Waals surface area (Å²) in [5.41, 5.74) is 8.25. The number of nitrogens with one attached hydrogen (secondary N) is 1. The van der Waals surface area contributed by atoms with Crippen molar-refractivity contribution in [2.45, 2.75) is 13.0 Å². The number of nitrogen functional groups attached to an aromatic ring is 1. The van der Waals surface area contributed by atoms with Crippen LogP contribution >= 0.6 is 0 Å². The van der Waals surface area contributed by atoms with Crippen LogP contribution in [0.25, 0.3) is 11.3 Å². The van der Waals surface area contributed by atoms with Crippen LogP contribution in [0, 0.1) is 0 Å². The summed E-state index contributed by atoms with van der Waals surface area (Å²) in [5.74, 6) is 0.0774. The fraction of sp³-hybridized carbons (Fsp3) is 0.125. The first-order valence-electron chi connectivity index (χ1n) is 7.04. The van der Waals surface area contributed by atoms with Gasteiger partial charge in [-0.05, 0) is 13.0 Å². The molecule has 0 saturated heterocycles. The second-order valence-electron chi connectivity index (χ2n) is 4.97. The summed E-state index contributed by atoms with van der Waals surface area (Å²) in [6, 6.07) is 10.7. The summed E-state index contributed by atoms with van der Waals surface area (Å²) in [6.45, 7) is 1.76. The third kappa shape index (κ3) is 3.03. The highest BCUT2D eigenvalue weighted by atomic mass is 16.5. The summed E-state index contributed by atoms with van der Waals surface area (Å²) < 4.78 is 4.68. The van der Waals surface area contributed by atoms with Gasteiger partial charge in [-0.1, -0.05) is 35.5 Å². The predicted molar refractivity (Wildman–Crippen MR) is 84.3 cm³/mol. The molecule has 0 spiro atoms. The summed E-state index contributed by atoms with van der Waals surface area (Å²) in [7, 11) is 0. The summed E-state index contributed by atoms with van der Waals surface area (Å²) in [6.07, 6.45) is 2.78. The average molecular weight is 309 g/mol. The van der Waals surface area contributed by atoms with Gasteiger partial charge in [0.1, 0.15) is 0 Å². The molecule has 23 heavy (non-hydrogen) atoms. The van der Waals surface area contributed by atoms with E-state index < -0.39 is 6.04 Å². The molecule has 0 bridgehead atoms. The number of benzene rings is 1. The molecule has 7 heteroatoms. The van der Waals surface area contributed by atoms with Crippen LogP contribution in [0.5, 0.6) is 0 Å². The van der Waals surface area contributed by atoms with Crippen molar-refractivity contribution in [3.8, 4) is 11.3 Å². The monoisotopic (exact) mass is 309 g/mol. The van der Waals surface area contributed by atoms with Crippen LogP contribution in [0.1, 0.15) is 29.1 Å². The van der Waals surface area contributed by atoms with Gasteiger partial charge in [-0.15, -0.1) is 0 Å². The Kier molecular flexibility index (Phi) is 4.01. The van der Waals surface area contributed by atoms with Crippen LogP contribution in [-0.4, -0.2) is 21.0 Å². The Bertz CT molecular complexity index is 803. The van der Waals surface area contributed by atoms with E-state index >= 15 is 0 Å². The van der Waals surface area contributed by atoms with Crippen molar-refractivity contribution < 1.29 is 9.32 Å². The molecule has 2 aromatic heterocycles. The number of nitrogens with zero attached hydrogens (tertiary/aromatic N) is 3. The van der Waals surface area contributed by atoms with Crippen molar-refractivity contribution in [3.05, 3.63) is 60.4 Å². The topological polar surface area (TPSA) is 107 Å². The lowest BCUT2D eigenvalue weighted by Gasteiger charge is -2.13. The molecule has 0 aliphatic carbocycles. The van der Waals surface area contributed by atoms with Crippen molar-refractivity contribution in [2.24, 2.45) is 0 Å². The molecule has 1 atom stereocenters. The van der Waals surface area contributed by atoms with Crippen molar-refractivity contribution in [1.82, 2.24) is 20.4 Å². The van der Waals surface area contributed by atoms with E-state index in [2.05, 4.69) is 25.0 Å². The minimum atomic E-state index is -0.394. The Morgan fingerprint density at radius 1 is 1.22 bits per heavy atom. The lowest BCUT2D eigenvalue weighted by Crippen LogP contribution is -2.28. The van der Waals surface area contributed by atoms with Crippen LogP contribution in [0.2, 0.25) is 0 Å². The number of carbonyl (C=O) groups excluding carboxylic acids is 1. The van der Waals surface area contributed by atoms with E-state index in [0.717, 1.165) is 5.56 Å². The predicted octanol–water partition coefficient (Wildman–Crippen LogP) is 2.20. The normalized spacial score (nSPS) is 11.9. The quantitative estimate of drug-likeness (QED) is 0.765. The van der Waals surface area contributed by atoms with E-state index in [9.17, 15) is 4.79 Å². The molecular weight excluding hydrogens is 294 g/mol. The van der Waals surface area contributed by atoms with Crippen molar-refractivity contribution >= 4 is 11.6 Å². The average Bonchev–Trinajstić information content (AvgIpc) is 3.10. The second-order valence-corrected chi connectivity index (χ2v) is 4.97. The number of hydrogen-bond acceptors (Lipinski definition) is 6. The highest BCUT2D eigenvalue weighted by molar-refractivity contribution is 6.01. The Morgan fingerprint density at radius 3 is 2.70 bits per heavy atom. The van der Waals surface area contributed by atoms with Gasteiger partial charge in [0, 0.05) is 11.8 Å². The highest BCUT2D eigenvalue weighted by Gasteiger charge is 2.18. The first-order valence-corrected chi connectivity index (χ1v) is 7.04. The Labute approximate surface area is 132 Å².